The van der Waals surface area contributed by atoms with Crippen LogP contribution in [-0.4, -0.2) is 26.7 Å². The monoisotopic (exact) mass is 473 g/mol. The standard InChI is InChI=1S/C25H23N5OS2/c1-17-8-13-22-27-23(19-6-4-3-5-7-19)21(30(22)15-17)16-32-25-29-28-24(33-25)26-14-18-9-11-20(31-2)12-10-18/h3-13,15H,14,16H2,1-2H3,(H,26,28). The third-order valence-corrected chi connectivity index (χ3v) is 7.28. The minimum absolute atomic E-state index is 0.688. The molecule has 8 heteroatoms. The SMILES string of the molecule is COc1ccc(CNc2nnc(SCc3c(-c4ccccc4)nc4ccc(C)cn34)s2)cc1. The largest absolute Gasteiger partial charge is 0.497 e. The van der Waals surface area contributed by atoms with Crippen LogP contribution in [-0.2, 0) is 12.3 Å². The first-order chi connectivity index (χ1) is 16.2. The van der Waals surface area contributed by atoms with Gasteiger partial charge in [0.25, 0.3) is 0 Å². The van der Waals surface area contributed by atoms with Gasteiger partial charge in [-0.3, -0.25) is 0 Å². The number of fused-ring (bicyclic) bond motifs is 1. The summed E-state index contributed by atoms with van der Waals surface area (Å²) in [7, 11) is 1.67. The van der Waals surface area contributed by atoms with E-state index >= 15 is 0 Å². The summed E-state index contributed by atoms with van der Waals surface area (Å²) in [6.45, 7) is 2.79. The van der Waals surface area contributed by atoms with E-state index in [9.17, 15) is 0 Å². The second kappa shape index (κ2) is 9.64. The van der Waals surface area contributed by atoms with Crippen LogP contribution >= 0.6 is 23.1 Å². The number of aromatic nitrogens is 4. The third-order valence-electron chi connectivity index (χ3n) is 5.25. The number of hydrogen-bond acceptors (Lipinski definition) is 7. The Hall–Kier alpha value is -3.36. The third kappa shape index (κ3) is 4.86. The van der Waals surface area contributed by atoms with E-state index in [0.29, 0.717) is 6.54 Å². The van der Waals surface area contributed by atoms with Crippen LogP contribution in [0.25, 0.3) is 16.9 Å². The maximum absolute atomic E-state index is 5.21. The lowest BCUT2D eigenvalue weighted by Gasteiger charge is -2.05. The molecule has 1 N–H and O–H groups in total. The highest BCUT2D eigenvalue weighted by Gasteiger charge is 2.15. The molecular weight excluding hydrogens is 450 g/mol. The summed E-state index contributed by atoms with van der Waals surface area (Å²) in [6, 6.07) is 22.5. The number of imidazole rings is 1. The lowest BCUT2D eigenvalue weighted by molar-refractivity contribution is 0.414. The van der Waals surface area contributed by atoms with Crippen LogP contribution in [0.1, 0.15) is 16.8 Å². The minimum Gasteiger partial charge on any atom is -0.497 e. The highest BCUT2D eigenvalue weighted by molar-refractivity contribution is 8.00. The van der Waals surface area contributed by atoms with Crippen molar-refractivity contribution in [2.24, 2.45) is 0 Å². The molecule has 0 fully saturated rings. The first-order valence-corrected chi connectivity index (χ1v) is 12.4. The number of thioether (sulfide) groups is 1. The number of nitrogens with zero attached hydrogens (tertiary/aromatic N) is 4. The summed E-state index contributed by atoms with van der Waals surface area (Å²) in [6.07, 6.45) is 2.15. The van der Waals surface area contributed by atoms with Crippen molar-refractivity contribution in [3.63, 3.8) is 0 Å². The Morgan fingerprint density at radius 2 is 1.82 bits per heavy atom. The van der Waals surface area contributed by atoms with E-state index in [-0.39, 0.29) is 0 Å². The van der Waals surface area contributed by atoms with E-state index in [1.807, 2.05) is 42.5 Å². The Bertz CT molecular complexity index is 1360. The van der Waals surface area contributed by atoms with Crippen LogP contribution in [0.15, 0.2) is 77.3 Å². The summed E-state index contributed by atoms with van der Waals surface area (Å²) in [5.41, 5.74) is 6.60. The maximum Gasteiger partial charge on any atom is 0.206 e. The fraction of sp³-hybridized carbons (Fsp3) is 0.160. The number of hydrogen-bond donors (Lipinski definition) is 1. The average Bonchev–Trinajstić information content (AvgIpc) is 3.46. The van der Waals surface area contributed by atoms with Crippen LogP contribution in [0.5, 0.6) is 5.75 Å². The van der Waals surface area contributed by atoms with E-state index in [4.69, 9.17) is 9.72 Å². The predicted molar refractivity (Wildman–Crippen MR) is 135 cm³/mol. The smallest absolute Gasteiger partial charge is 0.206 e. The van der Waals surface area contributed by atoms with Gasteiger partial charge >= 0.3 is 0 Å². The quantitative estimate of drug-likeness (QED) is 0.276. The van der Waals surface area contributed by atoms with Gasteiger partial charge in [0.05, 0.1) is 18.5 Å². The molecular formula is C25H23N5OS2. The van der Waals surface area contributed by atoms with Gasteiger partial charge in [-0.1, -0.05) is 71.6 Å². The van der Waals surface area contributed by atoms with Gasteiger partial charge in [-0.05, 0) is 36.2 Å². The van der Waals surface area contributed by atoms with Gasteiger partial charge in [0, 0.05) is 24.1 Å². The average molecular weight is 474 g/mol. The zero-order chi connectivity index (χ0) is 22.6. The Morgan fingerprint density at radius 3 is 2.61 bits per heavy atom. The zero-order valence-corrected chi connectivity index (χ0v) is 20.0. The predicted octanol–water partition coefficient (Wildman–Crippen LogP) is 6.07. The van der Waals surface area contributed by atoms with Gasteiger partial charge in [0.15, 0.2) is 4.34 Å². The first kappa shape index (κ1) is 21.5. The van der Waals surface area contributed by atoms with Gasteiger partial charge < -0.3 is 14.5 Å². The molecule has 0 radical (unpaired) electrons. The Balaban J connectivity index is 1.32. The Labute approximate surface area is 200 Å². The topological polar surface area (TPSA) is 64.3 Å². The molecule has 0 aliphatic carbocycles. The number of rotatable bonds is 8. The molecule has 0 saturated heterocycles. The van der Waals surface area contributed by atoms with E-state index in [1.165, 1.54) is 5.56 Å². The minimum atomic E-state index is 0.688. The highest BCUT2D eigenvalue weighted by Crippen LogP contribution is 2.33. The summed E-state index contributed by atoms with van der Waals surface area (Å²) in [5.74, 6) is 1.60. The van der Waals surface area contributed by atoms with Crippen LogP contribution in [0.2, 0.25) is 0 Å². The number of nitrogens with one attached hydrogen (secondary N) is 1. The molecule has 6 nitrogen and oxygen atoms in total. The summed E-state index contributed by atoms with van der Waals surface area (Å²) in [5, 5.41) is 12.9. The molecule has 0 aliphatic rings. The first-order valence-electron chi connectivity index (χ1n) is 10.6. The number of aryl methyl sites for hydroxylation is 1. The number of pyridine rings is 1. The summed E-state index contributed by atoms with van der Waals surface area (Å²) >= 11 is 3.25. The number of benzene rings is 2. The number of anilines is 1. The molecule has 0 spiro atoms. The molecule has 33 heavy (non-hydrogen) atoms. The second-order valence-corrected chi connectivity index (χ2v) is 9.77. The lowest BCUT2D eigenvalue weighted by Crippen LogP contribution is -1.98. The summed E-state index contributed by atoms with van der Waals surface area (Å²) < 4.78 is 8.33. The van der Waals surface area contributed by atoms with Crippen molar-refractivity contribution in [2.75, 3.05) is 12.4 Å². The molecule has 5 rings (SSSR count). The van der Waals surface area contributed by atoms with Gasteiger partial charge in [-0.15, -0.1) is 10.2 Å². The fourth-order valence-electron chi connectivity index (χ4n) is 3.56. The van der Waals surface area contributed by atoms with Gasteiger partial charge in [0.2, 0.25) is 5.13 Å². The van der Waals surface area contributed by atoms with E-state index < -0.39 is 0 Å². The van der Waals surface area contributed by atoms with E-state index in [1.54, 1.807) is 30.2 Å². The maximum atomic E-state index is 5.21. The Morgan fingerprint density at radius 1 is 1.00 bits per heavy atom. The molecule has 0 aliphatic heterocycles. The molecule has 0 bridgehead atoms. The van der Waals surface area contributed by atoms with Gasteiger partial charge in [-0.2, -0.15) is 0 Å². The molecule has 166 valence electrons. The van der Waals surface area contributed by atoms with E-state index in [2.05, 4.69) is 57.3 Å². The normalized spacial score (nSPS) is 11.1. The van der Waals surface area contributed by atoms with Crippen LogP contribution in [0.3, 0.4) is 0 Å². The molecule has 0 unspecified atom stereocenters. The summed E-state index contributed by atoms with van der Waals surface area (Å²) in [4.78, 5) is 4.91. The molecule has 0 amide bonds. The van der Waals surface area contributed by atoms with E-state index in [0.717, 1.165) is 49.1 Å². The number of methoxy groups -OCH3 is 1. The van der Waals surface area contributed by atoms with Crippen molar-refractivity contribution in [2.45, 2.75) is 23.6 Å². The molecule has 3 heterocycles. The van der Waals surface area contributed by atoms with Gasteiger partial charge in [0.1, 0.15) is 11.4 Å². The zero-order valence-electron chi connectivity index (χ0n) is 18.4. The molecule has 5 aromatic rings. The van der Waals surface area contributed by atoms with Crippen molar-refractivity contribution in [1.82, 2.24) is 19.6 Å². The Kier molecular flexibility index (Phi) is 6.28. The second-order valence-electron chi connectivity index (χ2n) is 7.57. The van der Waals surface area contributed by atoms with Crippen molar-refractivity contribution < 1.29 is 4.74 Å². The van der Waals surface area contributed by atoms with Crippen molar-refractivity contribution >= 4 is 33.9 Å². The van der Waals surface area contributed by atoms with Crippen LogP contribution in [0, 0.1) is 6.92 Å². The molecule has 2 aromatic carbocycles. The molecule has 0 atom stereocenters. The lowest BCUT2D eigenvalue weighted by atomic mass is 10.1. The fourth-order valence-corrected chi connectivity index (χ4v) is 5.31. The van der Waals surface area contributed by atoms with Crippen LogP contribution in [0.4, 0.5) is 5.13 Å². The van der Waals surface area contributed by atoms with Crippen molar-refractivity contribution in [1.29, 1.82) is 0 Å². The van der Waals surface area contributed by atoms with Crippen LogP contribution < -0.4 is 10.1 Å². The van der Waals surface area contributed by atoms with Crippen molar-refractivity contribution in [3.05, 3.63) is 89.7 Å². The molecule has 0 saturated carbocycles. The van der Waals surface area contributed by atoms with Crippen molar-refractivity contribution in [3.8, 4) is 17.0 Å². The highest BCUT2D eigenvalue weighted by atomic mass is 32.2. The number of ether oxygens (including phenoxy) is 1. The van der Waals surface area contributed by atoms with Gasteiger partial charge in [-0.25, -0.2) is 4.98 Å². The molecule has 3 aromatic heterocycles.